The molecular formula is C20H19Cl2HfP. The van der Waals surface area contributed by atoms with Crippen LogP contribution in [0.4, 0.5) is 0 Å². The van der Waals surface area contributed by atoms with Crippen LogP contribution in [0, 0.1) is 0 Å². The fraction of sp³-hybridized carbons (Fsp3) is 0.100. The van der Waals surface area contributed by atoms with Crippen LogP contribution in [0.1, 0.15) is 0 Å². The van der Waals surface area contributed by atoms with E-state index < -0.39 is 0 Å². The van der Waals surface area contributed by atoms with Crippen LogP contribution < -0.4 is 30.1 Å². The molecule has 24 heavy (non-hydrogen) atoms. The van der Waals surface area contributed by atoms with E-state index >= 15 is 0 Å². The molecule has 122 valence electrons. The first-order valence-corrected chi connectivity index (χ1v) is 9.41. The van der Waals surface area contributed by atoms with E-state index in [1.807, 2.05) is 0 Å². The molecule has 0 saturated heterocycles. The first-order chi connectivity index (χ1) is 10.2. The molecule has 0 fully saturated rings. The molecule has 4 heteroatoms. The Morgan fingerprint density at radius 3 is 1.92 bits per heavy atom. The van der Waals surface area contributed by atoms with Crippen LogP contribution in [0.15, 0.2) is 78.9 Å². The van der Waals surface area contributed by atoms with Gasteiger partial charge in [-0.3, -0.25) is 0 Å². The number of benzene rings is 2. The van der Waals surface area contributed by atoms with Gasteiger partial charge in [0.1, 0.15) is 0 Å². The van der Waals surface area contributed by atoms with Crippen molar-refractivity contribution < 1.29 is 50.7 Å². The number of fused-ring (bicyclic) bond motifs is 2. The van der Waals surface area contributed by atoms with Crippen molar-refractivity contribution >= 4 is 34.8 Å². The third kappa shape index (κ3) is 5.81. The van der Waals surface area contributed by atoms with Gasteiger partial charge in [0.05, 0.1) is 0 Å². The molecule has 0 spiro atoms. The third-order valence-electron chi connectivity index (χ3n) is 3.67. The molecule has 0 amide bonds. The summed E-state index contributed by atoms with van der Waals surface area (Å²) in [7, 11) is 0.0576. The number of hydrogen-bond donors (Lipinski definition) is 0. The van der Waals surface area contributed by atoms with Gasteiger partial charge in [-0.1, -0.05) is 12.1 Å². The Labute approximate surface area is 176 Å². The van der Waals surface area contributed by atoms with Crippen LogP contribution in [0.5, 0.6) is 0 Å². The van der Waals surface area contributed by atoms with E-state index in [4.69, 9.17) is 0 Å². The van der Waals surface area contributed by atoms with Crippen molar-refractivity contribution in [3.05, 3.63) is 78.9 Å². The second-order valence-corrected chi connectivity index (χ2v) is 7.70. The molecule has 0 bridgehead atoms. The SMILES string of the molecule is CP(C)c1cc2ccccc2[cH-]1.[Cl-].[Cl-].[Hf+4].c1ccc2[cH-]ccc2c1. The Morgan fingerprint density at radius 1 is 0.750 bits per heavy atom. The van der Waals surface area contributed by atoms with Gasteiger partial charge >= 0.3 is 25.8 Å². The maximum Gasteiger partial charge on any atom is 4.00 e. The topological polar surface area (TPSA) is 0 Å². The Hall–Kier alpha value is -0.460. The van der Waals surface area contributed by atoms with Gasteiger partial charge in [0.25, 0.3) is 0 Å². The Kier molecular flexibility index (Phi) is 11.0. The summed E-state index contributed by atoms with van der Waals surface area (Å²) in [6, 6.07) is 27.8. The van der Waals surface area contributed by atoms with Gasteiger partial charge in [-0.05, 0) is 13.3 Å². The predicted octanol–water partition coefficient (Wildman–Crippen LogP) is -0.510. The molecule has 0 aliphatic rings. The summed E-state index contributed by atoms with van der Waals surface area (Å²) < 4.78 is 0. The van der Waals surface area contributed by atoms with Crippen molar-refractivity contribution in [3.8, 4) is 0 Å². The average molecular weight is 540 g/mol. The molecule has 4 rings (SSSR count). The van der Waals surface area contributed by atoms with Gasteiger partial charge in [-0.15, -0.1) is 77.9 Å². The van der Waals surface area contributed by atoms with Crippen molar-refractivity contribution in [2.75, 3.05) is 13.3 Å². The molecule has 0 radical (unpaired) electrons. The quantitative estimate of drug-likeness (QED) is 0.174. The van der Waals surface area contributed by atoms with E-state index in [-0.39, 0.29) is 58.6 Å². The molecule has 0 aliphatic heterocycles. The van der Waals surface area contributed by atoms with Gasteiger partial charge in [-0.2, -0.15) is 23.6 Å². The number of hydrogen-bond acceptors (Lipinski definition) is 0. The van der Waals surface area contributed by atoms with Gasteiger partial charge < -0.3 is 24.8 Å². The van der Waals surface area contributed by atoms with Crippen LogP contribution in [-0.2, 0) is 25.8 Å². The second kappa shape index (κ2) is 11.2. The predicted molar refractivity (Wildman–Crippen MR) is 97.5 cm³/mol. The van der Waals surface area contributed by atoms with Gasteiger partial charge in [0, 0.05) is 0 Å². The van der Waals surface area contributed by atoms with Crippen molar-refractivity contribution in [1.82, 2.24) is 0 Å². The van der Waals surface area contributed by atoms with Crippen LogP contribution in [0.25, 0.3) is 21.5 Å². The number of halogens is 2. The normalized spacial score (nSPS) is 9.46. The summed E-state index contributed by atoms with van der Waals surface area (Å²) in [5.41, 5.74) is 0. The minimum Gasteiger partial charge on any atom is -1.00 e. The van der Waals surface area contributed by atoms with Crippen LogP contribution in [0.2, 0.25) is 0 Å². The molecule has 0 aliphatic carbocycles. The van der Waals surface area contributed by atoms with Crippen molar-refractivity contribution in [2.24, 2.45) is 0 Å². The largest absolute Gasteiger partial charge is 4.00 e. The molecule has 4 aromatic carbocycles. The Balaban J connectivity index is 0.000000402. The first kappa shape index (κ1) is 23.5. The third-order valence-corrected chi connectivity index (χ3v) is 4.96. The summed E-state index contributed by atoms with van der Waals surface area (Å²) in [6.07, 6.45) is 0. The fourth-order valence-electron chi connectivity index (χ4n) is 2.46. The summed E-state index contributed by atoms with van der Waals surface area (Å²) in [5.74, 6) is 0. The molecule has 0 atom stereocenters. The summed E-state index contributed by atoms with van der Waals surface area (Å²) in [6.45, 7) is 4.59. The minimum absolute atomic E-state index is 0. The zero-order valence-electron chi connectivity index (χ0n) is 13.7. The summed E-state index contributed by atoms with van der Waals surface area (Å²) in [5, 5.41) is 6.92. The standard InChI is InChI=1S/C11H12P.C9H7.2ClH.Hf/c1-12(2)11-7-9-5-3-4-6-10(9)8-11;1-2-5-9-7-3-6-8(9)4-1;;;/h3-8H,1-2H3;1-7H;2*1H;/q2*-1;;;+4/p-2. The monoisotopic (exact) mass is 540 g/mol. The Morgan fingerprint density at radius 2 is 1.33 bits per heavy atom. The molecule has 0 aromatic heterocycles. The zero-order chi connectivity index (χ0) is 14.7. The first-order valence-electron chi connectivity index (χ1n) is 7.17. The van der Waals surface area contributed by atoms with Crippen LogP contribution in [-0.4, -0.2) is 13.3 Å². The van der Waals surface area contributed by atoms with E-state index in [1.54, 1.807) is 0 Å². The minimum atomic E-state index is 0. The summed E-state index contributed by atoms with van der Waals surface area (Å²) in [4.78, 5) is 0. The van der Waals surface area contributed by atoms with Gasteiger partial charge in [0.15, 0.2) is 0 Å². The molecule has 0 heterocycles. The van der Waals surface area contributed by atoms with Crippen molar-refractivity contribution in [1.29, 1.82) is 0 Å². The fourth-order valence-corrected chi connectivity index (χ4v) is 3.26. The number of rotatable bonds is 1. The smallest absolute Gasteiger partial charge is 1.00 e. The molecule has 0 unspecified atom stereocenters. The maximum absolute atomic E-state index is 2.31. The van der Waals surface area contributed by atoms with Crippen LogP contribution >= 0.6 is 7.92 Å². The van der Waals surface area contributed by atoms with E-state index in [0.29, 0.717) is 0 Å². The van der Waals surface area contributed by atoms with Gasteiger partial charge in [-0.25, -0.2) is 0 Å². The van der Waals surface area contributed by atoms with Crippen LogP contribution in [0.3, 0.4) is 0 Å². The molecule has 0 saturated carbocycles. The van der Waals surface area contributed by atoms with E-state index in [0.717, 1.165) is 0 Å². The summed E-state index contributed by atoms with van der Waals surface area (Å²) >= 11 is 0. The molecular weight excluding hydrogens is 521 g/mol. The van der Waals surface area contributed by atoms with Gasteiger partial charge in [0.2, 0.25) is 0 Å². The second-order valence-electron chi connectivity index (χ2n) is 5.39. The van der Waals surface area contributed by atoms with E-state index in [1.165, 1.54) is 26.8 Å². The molecule has 0 nitrogen and oxygen atoms in total. The van der Waals surface area contributed by atoms with E-state index in [2.05, 4.69) is 92.2 Å². The maximum atomic E-state index is 2.31. The average Bonchev–Trinajstić information content (AvgIpc) is 3.14. The van der Waals surface area contributed by atoms with Crippen molar-refractivity contribution in [2.45, 2.75) is 0 Å². The van der Waals surface area contributed by atoms with E-state index in [9.17, 15) is 0 Å². The molecule has 4 aromatic rings. The Bertz CT molecular complexity index is 785. The van der Waals surface area contributed by atoms with Crippen molar-refractivity contribution in [3.63, 3.8) is 0 Å². The zero-order valence-corrected chi connectivity index (χ0v) is 19.7. The molecule has 0 N–H and O–H groups in total.